The zero-order valence-electron chi connectivity index (χ0n) is 7.24. The number of carbonyl (C=O) groups excluding carboxylic acids is 2. The summed E-state index contributed by atoms with van der Waals surface area (Å²) in [6.45, 7) is 2.06. The smallest absolute Gasteiger partial charge is 0.377 e. The molecule has 1 saturated heterocycles. The van der Waals surface area contributed by atoms with Crippen LogP contribution in [0.2, 0.25) is 0 Å². The number of hydrogen-bond donors (Lipinski definition) is 1. The SMILES string of the molecule is CCOC(=O)C1(C(N)=O)OCCO1. The van der Waals surface area contributed by atoms with Crippen molar-refractivity contribution in [2.75, 3.05) is 19.8 Å². The van der Waals surface area contributed by atoms with Gasteiger partial charge in [0.25, 0.3) is 5.91 Å². The maximum Gasteiger partial charge on any atom is 0.377 e. The van der Waals surface area contributed by atoms with Gasteiger partial charge in [-0.05, 0) is 6.92 Å². The van der Waals surface area contributed by atoms with Gasteiger partial charge < -0.3 is 19.9 Å². The zero-order valence-corrected chi connectivity index (χ0v) is 7.24. The second kappa shape index (κ2) is 3.71. The number of carbonyl (C=O) groups is 2. The molecule has 2 N–H and O–H groups in total. The fraction of sp³-hybridized carbons (Fsp3) is 0.714. The molecule has 0 radical (unpaired) electrons. The lowest BCUT2D eigenvalue weighted by atomic mass is 10.3. The summed E-state index contributed by atoms with van der Waals surface area (Å²) in [5, 5.41) is 0. The van der Waals surface area contributed by atoms with Crippen LogP contribution in [0.4, 0.5) is 0 Å². The second-order valence-corrected chi connectivity index (χ2v) is 2.40. The molecule has 1 aliphatic rings. The van der Waals surface area contributed by atoms with Gasteiger partial charge in [-0.1, -0.05) is 0 Å². The Bertz CT molecular complexity index is 221. The quantitative estimate of drug-likeness (QED) is 0.444. The van der Waals surface area contributed by atoms with E-state index in [0.717, 1.165) is 0 Å². The Morgan fingerprint density at radius 3 is 2.38 bits per heavy atom. The molecule has 1 aliphatic heterocycles. The van der Waals surface area contributed by atoms with Gasteiger partial charge in [0.1, 0.15) is 0 Å². The third-order valence-corrected chi connectivity index (χ3v) is 1.56. The number of amides is 1. The molecular formula is C7H11NO5. The third-order valence-electron chi connectivity index (χ3n) is 1.56. The first-order valence-corrected chi connectivity index (χ1v) is 3.88. The first-order chi connectivity index (χ1) is 6.13. The normalized spacial score (nSPS) is 19.8. The summed E-state index contributed by atoms with van der Waals surface area (Å²) in [7, 11) is 0. The highest BCUT2D eigenvalue weighted by atomic mass is 16.8. The predicted octanol–water partition coefficient (Wildman–Crippen LogP) is -1.22. The van der Waals surface area contributed by atoms with Crippen molar-refractivity contribution >= 4 is 11.9 Å². The Labute approximate surface area is 74.9 Å². The average Bonchev–Trinajstić information content (AvgIpc) is 2.53. The van der Waals surface area contributed by atoms with Gasteiger partial charge in [0, 0.05) is 0 Å². The molecule has 6 nitrogen and oxygen atoms in total. The lowest BCUT2D eigenvalue weighted by Gasteiger charge is -2.20. The minimum Gasteiger partial charge on any atom is -0.462 e. The summed E-state index contributed by atoms with van der Waals surface area (Å²) in [4.78, 5) is 22.1. The van der Waals surface area contributed by atoms with Gasteiger partial charge in [-0.2, -0.15) is 0 Å². The van der Waals surface area contributed by atoms with Crippen LogP contribution in [0.15, 0.2) is 0 Å². The van der Waals surface area contributed by atoms with Crippen molar-refractivity contribution in [2.24, 2.45) is 5.73 Å². The van der Waals surface area contributed by atoms with E-state index in [1.807, 2.05) is 0 Å². The highest BCUT2D eigenvalue weighted by Gasteiger charge is 2.52. The molecule has 74 valence electrons. The Kier molecular flexibility index (Phi) is 2.84. The van der Waals surface area contributed by atoms with Crippen molar-refractivity contribution in [3.05, 3.63) is 0 Å². The van der Waals surface area contributed by atoms with Crippen LogP contribution in [-0.4, -0.2) is 37.5 Å². The van der Waals surface area contributed by atoms with E-state index in [1.54, 1.807) is 6.92 Å². The summed E-state index contributed by atoms with van der Waals surface area (Å²) < 4.78 is 14.3. The Morgan fingerprint density at radius 2 is 2.00 bits per heavy atom. The third kappa shape index (κ3) is 1.63. The number of primary amides is 1. The molecule has 0 atom stereocenters. The van der Waals surface area contributed by atoms with E-state index in [9.17, 15) is 9.59 Å². The van der Waals surface area contributed by atoms with Gasteiger partial charge in [0.15, 0.2) is 0 Å². The summed E-state index contributed by atoms with van der Waals surface area (Å²) in [5.41, 5.74) is 4.97. The largest absolute Gasteiger partial charge is 0.462 e. The fourth-order valence-electron chi connectivity index (χ4n) is 0.999. The van der Waals surface area contributed by atoms with E-state index in [2.05, 4.69) is 4.74 Å². The van der Waals surface area contributed by atoms with Gasteiger partial charge in [-0.3, -0.25) is 4.79 Å². The summed E-state index contributed by atoms with van der Waals surface area (Å²) in [6, 6.07) is 0. The summed E-state index contributed by atoms with van der Waals surface area (Å²) in [6.07, 6.45) is 0. The standard InChI is InChI=1S/C7H11NO5/c1-2-11-6(10)7(5(8)9)12-3-4-13-7/h2-4H2,1H3,(H2,8,9). The molecule has 0 bridgehead atoms. The molecule has 1 rings (SSSR count). The molecule has 0 saturated carbocycles. The molecule has 13 heavy (non-hydrogen) atoms. The van der Waals surface area contributed by atoms with E-state index in [1.165, 1.54) is 0 Å². The molecule has 0 unspecified atom stereocenters. The maximum atomic E-state index is 11.2. The van der Waals surface area contributed by atoms with Crippen LogP contribution in [0.1, 0.15) is 6.92 Å². The van der Waals surface area contributed by atoms with Crippen molar-refractivity contribution < 1.29 is 23.8 Å². The fourth-order valence-corrected chi connectivity index (χ4v) is 0.999. The van der Waals surface area contributed by atoms with Crippen LogP contribution >= 0.6 is 0 Å². The number of nitrogens with two attached hydrogens (primary N) is 1. The first-order valence-electron chi connectivity index (χ1n) is 3.88. The van der Waals surface area contributed by atoms with Crippen LogP contribution in [0.5, 0.6) is 0 Å². The summed E-state index contributed by atoms with van der Waals surface area (Å²) >= 11 is 0. The summed E-state index contributed by atoms with van der Waals surface area (Å²) in [5.74, 6) is -3.89. The highest BCUT2D eigenvalue weighted by Crippen LogP contribution is 2.20. The van der Waals surface area contributed by atoms with Crippen molar-refractivity contribution in [3.8, 4) is 0 Å². The molecule has 0 spiro atoms. The van der Waals surface area contributed by atoms with Gasteiger partial charge in [0.05, 0.1) is 19.8 Å². The monoisotopic (exact) mass is 189 g/mol. The molecule has 0 aromatic rings. The molecule has 1 amide bonds. The Balaban J connectivity index is 2.78. The van der Waals surface area contributed by atoms with Crippen molar-refractivity contribution in [1.29, 1.82) is 0 Å². The number of hydrogen-bond acceptors (Lipinski definition) is 5. The van der Waals surface area contributed by atoms with E-state index in [0.29, 0.717) is 0 Å². The molecule has 0 aromatic carbocycles. The topological polar surface area (TPSA) is 87.9 Å². The molecule has 1 heterocycles. The zero-order chi connectivity index (χ0) is 9.90. The van der Waals surface area contributed by atoms with Crippen molar-refractivity contribution in [1.82, 2.24) is 0 Å². The van der Waals surface area contributed by atoms with Crippen molar-refractivity contribution in [2.45, 2.75) is 12.7 Å². The molecule has 0 aromatic heterocycles. The molecule has 6 heteroatoms. The second-order valence-electron chi connectivity index (χ2n) is 2.40. The number of esters is 1. The van der Waals surface area contributed by atoms with Crippen LogP contribution < -0.4 is 5.73 Å². The minimum absolute atomic E-state index is 0.139. The van der Waals surface area contributed by atoms with Gasteiger partial charge in [-0.25, -0.2) is 4.79 Å². The Morgan fingerprint density at radius 1 is 1.46 bits per heavy atom. The molecule has 1 fully saturated rings. The van der Waals surface area contributed by atoms with Crippen LogP contribution in [0, 0.1) is 0 Å². The van der Waals surface area contributed by atoms with Crippen LogP contribution in [-0.2, 0) is 23.8 Å². The number of ether oxygens (including phenoxy) is 3. The van der Waals surface area contributed by atoms with E-state index in [-0.39, 0.29) is 19.8 Å². The van der Waals surface area contributed by atoms with Gasteiger partial charge in [0.2, 0.25) is 0 Å². The van der Waals surface area contributed by atoms with E-state index >= 15 is 0 Å². The molecule has 0 aliphatic carbocycles. The van der Waals surface area contributed by atoms with Crippen molar-refractivity contribution in [3.63, 3.8) is 0 Å². The van der Waals surface area contributed by atoms with Gasteiger partial charge in [-0.15, -0.1) is 0 Å². The van der Waals surface area contributed by atoms with E-state index < -0.39 is 17.7 Å². The number of rotatable bonds is 3. The van der Waals surface area contributed by atoms with Crippen LogP contribution in [0.3, 0.4) is 0 Å². The highest BCUT2D eigenvalue weighted by molar-refractivity contribution is 6.03. The average molecular weight is 189 g/mol. The molecular weight excluding hydrogens is 178 g/mol. The van der Waals surface area contributed by atoms with Crippen LogP contribution in [0.25, 0.3) is 0 Å². The lowest BCUT2D eigenvalue weighted by molar-refractivity contribution is -0.206. The Hall–Kier alpha value is -1.14. The minimum atomic E-state index is -2.02. The maximum absolute atomic E-state index is 11.2. The first kappa shape index (κ1) is 9.94. The predicted molar refractivity (Wildman–Crippen MR) is 40.5 cm³/mol. The van der Waals surface area contributed by atoms with Gasteiger partial charge >= 0.3 is 11.8 Å². The lowest BCUT2D eigenvalue weighted by Crippen LogP contribution is -2.52. The van der Waals surface area contributed by atoms with E-state index in [4.69, 9.17) is 15.2 Å².